The van der Waals surface area contributed by atoms with Crippen LogP contribution in [-0.2, 0) is 15.1 Å². The van der Waals surface area contributed by atoms with Crippen LogP contribution in [0.3, 0.4) is 0 Å². The van der Waals surface area contributed by atoms with Gasteiger partial charge in [0.15, 0.2) is 4.34 Å². The van der Waals surface area contributed by atoms with Crippen molar-refractivity contribution in [2.75, 3.05) is 5.75 Å². The van der Waals surface area contributed by atoms with Crippen LogP contribution in [-0.4, -0.2) is 33.6 Å². The number of imide groups is 1. The molecule has 1 aromatic heterocycles. The lowest BCUT2D eigenvalue weighted by Gasteiger charge is -2.22. The molecule has 2 heterocycles. The number of aromatic nitrogens is 1. The molecule has 28 heavy (non-hydrogen) atoms. The fraction of sp³-hybridized carbons (Fsp3) is 0.158. The number of carbonyl (C=O) groups is 3. The van der Waals surface area contributed by atoms with Gasteiger partial charge >= 0.3 is 6.03 Å². The molecule has 2 aromatic carbocycles. The third-order valence-electron chi connectivity index (χ3n) is 4.38. The standard InChI is InChI=1S/C19H16N4O3S2/c1-19(12-7-3-2-4-8-12)16(25)23(17(26)21-19)22-15(24)11-27-18-20-13-9-5-6-10-14(13)28-18/h2-10H,11H2,1H3,(H,21,26)(H,22,24). The Kier molecular flexibility index (Phi) is 4.78. The molecule has 9 heteroatoms. The van der Waals surface area contributed by atoms with E-state index in [1.54, 1.807) is 31.2 Å². The number of nitrogens with one attached hydrogen (secondary N) is 2. The second-order valence-corrected chi connectivity index (χ2v) is 8.59. The van der Waals surface area contributed by atoms with E-state index in [2.05, 4.69) is 15.7 Å². The van der Waals surface area contributed by atoms with Gasteiger partial charge < -0.3 is 5.32 Å². The van der Waals surface area contributed by atoms with E-state index in [4.69, 9.17) is 0 Å². The molecule has 1 aliphatic heterocycles. The molecule has 4 amide bonds. The molecule has 1 unspecified atom stereocenters. The van der Waals surface area contributed by atoms with E-state index < -0.39 is 23.4 Å². The molecule has 1 saturated heterocycles. The average Bonchev–Trinajstić information content (AvgIpc) is 3.21. The average molecular weight is 412 g/mol. The Morgan fingerprint density at radius 3 is 2.64 bits per heavy atom. The monoisotopic (exact) mass is 412 g/mol. The van der Waals surface area contributed by atoms with Gasteiger partial charge in [0.25, 0.3) is 5.91 Å². The number of hydrogen-bond acceptors (Lipinski definition) is 6. The zero-order chi connectivity index (χ0) is 19.7. The van der Waals surface area contributed by atoms with E-state index >= 15 is 0 Å². The summed E-state index contributed by atoms with van der Waals surface area (Å²) >= 11 is 2.75. The number of thiazole rings is 1. The van der Waals surface area contributed by atoms with Gasteiger partial charge in [0.1, 0.15) is 5.54 Å². The molecule has 0 spiro atoms. The van der Waals surface area contributed by atoms with Crippen LogP contribution in [0.1, 0.15) is 12.5 Å². The maximum Gasteiger partial charge on any atom is 0.344 e. The third kappa shape index (κ3) is 3.34. The summed E-state index contributed by atoms with van der Waals surface area (Å²) in [6, 6.07) is 16.0. The topological polar surface area (TPSA) is 91.4 Å². The summed E-state index contributed by atoms with van der Waals surface area (Å²) in [6.45, 7) is 1.62. The van der Waals surface area contributed by atoms with E-state index in [0.29, 0.717) is 5.56 Å². The van der Waals surface area contributed by atoms with Gasteiger partial charge in [-0.25, -0.2) is 9.78 Å². The molecule has 1 aliphatic rings. The number of carbonyl (C=O) groups excluding carboxylic acids is 3. The summed E-state index contributed by atoms with van der Waals surface area (Å²) in [5.74, 6) is -0.939. The first-order chi connectivity index (χ1) is 13.5. The van der Waals surface area contributed by atoms with Gasteiger partial charge in [0.2, 0.25) is 5.91 Å². The van der Waals surface area contributed by atoms with Crippen LogP contribution in [0.25, 0.3) is 10.2 Å². The number of benzene rings is 2. The van der Waals surface area contributed by atoms with Crippen LogP contribution >= 0.6 is 23.1 Å². The van der Waals surface area contributed by atoms with E-state index in [1.807, 2.05) is 30.3 Å². The largest absolute Gasteiger partial charge is 0.344 e. The molecule has 0 saturated carbocycles. The zero-order valence-electron chi connectivity index (χ0n) is 14.8. The van der Waals surface area contributed by atoms with Gasteiger partial charge in [0.05, 0.1) is 16.0 Å². The minimum absolute atomic E-state index is 0.0406. The van der Waals surface area contributed by atoms with Crippen molar-refractivity contribution in [1.29, 1.82) is 0 Å². The van der Waals surface area contributed by atoms with E-state index in [0.717, 1.165) is 19.6 Å². The molecular weight excluding hydrogens is 396 g/mol. The number of para-hydroxylation sites is 1. The Morgan fingerprint density at radius 2 is 1.89 bits per heavy atom. The van der Waals surface area contributed by atoms with E-state index in [1.165, 1.54) is 23.1 Å². The first-order valence-electron chi connectivity index (χ1n) is 8.47. The first kappa shape index (κ1) is 18.5. The lowest BCUT2D eigenvalue weighted by Crippen LogP contribution is -2.48. The summed E-state index contributed by atoms with van der Waals surface area (Å²) in [4.78, 5) is 41.8. The van der Waals surface area contributed by atoms with Crippen molar-refractivity contribution in [2.24, 2.45) is 0 Å². The van der Waals surface area contributed by atoms with E-state index in [9.17, 15) is 14.4 Å². The lowest BCUT2D eigenvalue weighted by atomic mass is 9.92. The predicted molar refractivity (Wildman–Crippen MR) is 108 cm³/mol. The highest BCUT2D eigenvalue weighted by atomic mass is 32.2. The quantitative estimate of drug-likeness (QED) is 0.497. The molecule has 2 N–H and O–H groups in total. The molecule has 7 nitrogen and oxygen atoms in total. The minimum Gasteiger partial charge on any atom is -0.318 e. The van der Waals surface area contributed by atoms with Crippen LogP contribution in [0.5, 0.6) is 0 Å². The molecule has 0 aliphatic carbocycles. The van der Waals surface area contributed by atoms with Crippen LogP contribution in [0.2, 0.25) is 0 Å². The molecule has 0 bridgehead atoms. The van der Waals surface area contributed by atoms with Crippen molar-refractivity contribution in [3.05, 3.63) is 60.2 Å². The van der Waals surface area contributed by atoms with E-state index in [-0.39, 0.29) is 5.75 Å². The van der Waals surface area contributed by atoms with Crippen LogP contribution in [0.4, 0.5) is 4.79 Å². The Hall–Kier alpha value is -2.91. The van der Waals surface area contributed by atoms with Gasteiger partial charge in [0, 0.05) is 0 Å². The minimum atomic E-state index is -1.22. The Labute approximate surface area is 169 Å². The molecule has 4 rings (SSSR count). The lowest BCUT2D eigenvalue weighted by molar-refractivity contribution is -0.138. The number of thioether (sulfide) groups is 1. The van der Waals surface area contributed by atoms with Crippen molar-refractivity contribution in [3.8, 4) is 0 Å². The smallest absolute Gasteiger partial charge is 0.318 e. The summed E-state index contributed by atoms with van der Waals surface area (Å²) in [5.41, 5.74) is 2.70. The Morgan fingerprint density at radius 1 is 1.18 bits per heavy atom. The number of hydrazine groups is 1. The SMILES string of the molecule is CC1(c2ccccc2)NC(=O)N(NC(=O)CSc2nc3ccccc3s2)C1=O. The summed E-state index contributed by atoms with van der Waals surface area (Å²) < 4.78 is 1.79. The van der Waals surface area contributed by atoms with Crippen LogP contribution in [0, 0.1) is 0 Å². The zero-order valence-corrected chi connectivity index (χ0v) is 16.5. The van der Waals surface area contributed by atoms with Crippen molar-refractivity contribution in [1.82, 2.24) is 20.7 Å². The van der Waals surface area contributed by atoms with Gasteiger partial charge in [-0.15, -0.1) is 11.3 Å². The summed E-state index contributed by atoms with van der Waals surface area (Å²) in [6.07, 6.45) is 0. The molecule has 0 radical (unpaired) electrons. The molecule has 3 aromatic rings. The Balaban J connectivity index is 1.41. The third-order valence-corrected chi connectivity index (χ3v) is 6.56. The number of nitrogens with zero attached hydrogens (tertiary/aromatic N) is 2. The number of rotatable bonds is 5. The van der Waals surface area contributed by atoms with Crippen LogP contribution in [0.15, 0.2) is 58.9 Å². The van der Waals surface area contributed by atoms with Gasteiger partial charge in [-0.1, -0.05) is 54.2 Å². The molecule has 1 atom stereocenters. The second kappa shape index (κ2) is 7.25. The van der Waals surface area contributed by atoms with Gasteiger partial charge in [-0.2, -0.15) is 5.01 Å². The van der Waals surface area contributed by atoms with Crippen molar-refractivity contribution in [2.45, 2.75) is 16.8 Å². The predicted octanol–water partition coefficient (Wildman–Crippen LogP) is 2.89. The highest BCUT2D eigenvalue weighted by molar-refractivity contribution is 8.01. The maximum atomic E-state index is 12.8. The number of hydrogen-bond donors (Lipinski definition) is 2. The highest BCUT2D eigenvalue weighted by Gasteiger charge is 2.49. The molecule has 142 valence electrons. The maximum absolute atomic E-state index is 12.8. The van der Waals surface area contributed by atoms with Gasteiger partial charge in [-0.3, -0.25) is 15.0 Å². The summed E-state index contributed by atoms with van der Waals surface area (Å²) in [7, 11) is 0. The molecule has 1 fully saturated rings. The van der Waals surface area contributed by atoms with Crippen molar-refractivity contribution in [3.63, 3.8) is 0 Å². The second-order valence-electron chi connectivity index (χ2n) is 6.33. The normalized spacial score (nSPS) is 19.1. The van der Waals surface area contributed by atoms with Crippen molar-refractivity contribution >= 4 is 51.2 Å². The number of amides is 4. The highest BCUT2D eigenvalue weighted by Crippen LogP contribution is 2.30. The summed E-state index contributed by atoms with van der Waals surface area (Å²) in [5, 5.41) is 3.39. The first-order valence-corrected chi connectivity index (χ1v) is 10.3. The fourth-order valence-electron chi connectivity index (χ4n) is 2.90. The van der Waals surface area contributed by atoms with Gasteiger partial charge in [-0.05, 0) is 24.6 Å². The van der Waals surface area contributed by atoms with Crippen molar-refractivity contribution < 1.29 is 14.4 Å². The fourth-order valence-corrected chi connectivity index (χ4v) is 4.77. The number of fused-ring (bicyclic) bond motifs is 1. The number of urea groups is 1. The van der Waals surface area contributed by atoms with Crippen LogP contribution < -0.4 is 10.7 Å². The Bertz CT molecular complexity index is 1040. The molecular formula is C19H16N4O3S2.